The van der Waals surface area contributed by atoms with Crippen molar-refractivity contribution >= 4 is 39.3 Å². The molecule has 0 heterocycles. The highest BCUT2D eigenvalue weighted by atomic mass is 79.9. The van der Waals surface area contributed by atoms with Gasteiger partial charge in [0.15, 0.2) is 0 Å². The Labute approximate surface area is 123 Å². The fourth-order valence-corrected chi connectivity index (χ4v) is 1.89. The lowest BCUT2D eigenvalue weighted by Crippen LogP contribution is -2.46. The first-order valence-electron chi connectivity index (χ1n) is 5.39. The fourth-order valence-electron chi connectivity index (χ4n) is 1.45. The molecule has 104 valence electrons. The Bertz CT molecular complexity index is 499. The van der Waals surface area contributed by atoms with E-state index >= 15 is 0 Å². The molecule has 1 aromatic rings. The Kier molecular flexibility index (Phi) is 5.13. The highest BCUT2D eigenvalue weighted by molar-refractivity contribution is 9.10. The van der Waals surface area contributed by atoms with Gasteiger partial charge in [0.2, 0.25) is 0 Å². The molecule has 0 radical (unpaired) electrons. The highest BCUT2D eigenvalue weighted by Crippen LogP contribution is 2.28. The minimum atomic E-state index is -1.52. The number of nitro groups is 1. The molecular formula is C11H12BrClN2O4. The summed E-state index contributed by atoms with van der Waals surface area (Å²) in [5.41, 5.74) is 0.291. The van der Waals surface area contributed by atoms with E-state index in [0.717, 1.165) is 4.90 Å². The van der Waals surface area contributed by atoms with Crippen LogP contribution in [0.2, 0.25) is 5.02 Å². The first-order valence-corrected chi connectivity index (χ1v) is 6.56. The van der Waals surface area contributed by atoms with Crippen LogP contribution in [0.5, 0.6) is 0 Å². The summed E-state index contributed by atoms with van der Waals surface area (Å²) in [6.45, 7) is 1.29. The average molecular weight is 352 g/mol. The number of hydrogen-bond acceptors (Lipinski definition) is 3. The first-order chi connectivity index (χ1) is 8.80. The molecule has 0 fully saturated rings. The smallest absolute Gasteiger partial charge is 0.412 e. The van der Waals surface area contributed by atoms with Gasteiger partial charge in [-0.3, -0.25) is 15.0 Å². The van der Waals surface area contributed by atoms with Crippen LogP contribution in [0.1, 0.15) is 13.3 Å². The Hall–Kier alpha value is -1.34. The quantitative estimate of drug-likeness (QED) is 0.380. The molecule has 0 aliphatic rings. The average Bonchev–Trinajstić information content (AvgIpc) is 2.35. The standard InChI is InChI=1S/C11H12BrClN2O4/c1-2-11(12,15(18)19)7-14(10(16)17)9-5-3-4-8(13)6-9/h3-6H,2,7H2,1H3,(H,16,17). The van der Waals surface area contributed by atoms with Crippen molar-refractivity contribution in [3.8, 4) is 0 Å². The lowest BCUT2D eigenvalue weighted by molar-refractivity contribution is -0.532. The monoisotopic (exact) mass is 350 g/mol. The number of rotatable bonds is 5. The fraction of sp³-hybridized carbons (Fsp3) is 0.364. The maximum atomic E-state index is 11.3. The molecule has 19 heavy (non-hydrogen) atoms. The van der Waals surface area contributed by atoms with E-state index in [9.17, 15) is 20.0 Å². The van der Waals surface area contributed by atoms with E-state index in [0.29, 0.717) is 10.7 Å². The molecule has 0 spiro atoms. The lowest BCUT2D eigenvalue weighted by atomic mass is 10.2. The summed E-state index contributed by atoms with van der Waals surface area (Å²) in [5.74, 6) is 0. The van der Waals surface area contributed by atoms with E-state index < -0.39 is 15.5 Å². The zero-order valence-electron chi connectivity index (χ0n) is 10.0. The van der Waals surface area contributed by atoms with Crippen molar-refractivity contribution < 1.29 is 14.8 Å². The van der Waals surface area contributed by atoms with Crippen LogP contribution in [0.3, 0.4) is 0 Å². The maximum absolute atomic E-state index is 11.3. The Morgan fingerprint density at radius 2 is 2.26 bits per heavy atom. The molecule has 0 saturated heterocycles. The van der Waals surface area contributed by atoms with Crippen LogP contribution >= 0.6 is 27.5 Å². The van der Waals surface area contributed by atoms with Crippen molar-refractivity contribution in [2.24, 2.45) is 0 Å². The SMILES string of the molecule is CCC(Br)(CN(C(=O)O)c1cccc(Cl)c1)[N+](=O)[O-]. The predicted molar refractivity (Wildman–Crippen MR) is 75.8 cm³/mol. The van der Waals surface area contributed by atoms with Crippen LogP contribution in [-0.2, 0) is 0 Å². The van der Waals surface area contributed by atoms with Gasteiger partial charge in [-0.05, 0) is 18.2 Å². The number of halogens is 2. The number of carbonyl (C=O) groups is 1. The molecule has 0 bridgehead atoms. The third-order valence-electron chi connectivity index (χ3n) is 2.62. The van der Waals surface area contributed by atoms with Crippen LogP contribution in [0.4, 0.5) is 10.5 Å². The summed E-state index contributed by atoms with van der Waals surface area (Å²) < 4.78 is -1.52. The van der Waals surface area contributed by atoms with Crippen molar-refractivity contribution in [3.63, 3.8) is 0 Å². The van der Waals surface area contributed by atoms with Gasteiger partial charge in [0, 0.05) is 38.0 Å². The van der Waals surface area contributed by atoms with Crippen molar-refractivity contribution in [2.45, 2.75) is 17.8 Å². The summed E-state index contributed by atoms with van der Waals surface area (Å²) in [7, 11) is 0. The van der Waals surface area contributed by atoms with Crippen molar-refractivity contribution in [2.75, 3.05) is 11.4 Å². The van der Waals surface area contributed by atoms with Gasteiger partial charge >= 0.3 is 6.09 Å². The van der Waals surface area contributed by atoms with Gasteiger partial charge in [0.1, 0.15) is 6.54 Å². The summed E-state index contributed by atoms with van der Waals surface area (Å²) in [4.78, 5) is 22.7. The van der Waals surface area contributed by atoms with E-state index in [1.165, 1.54) is 12.1 Å². The zero-order valence-corrected chi connectivity index (χ0v) is 12.4. The zero-order chi connectivity index (χ0) is 14.6. The van der Waals surface area contributed by atoms with E-state index in [4.69, 9.17) is 11.6 Å². The number of hydrogen-bond donors (Lipinski definition) is 1. The van der Waals surface area contributed by atoms with Gasteiger partial charge in [-0.25, -0.2) is 4.79 Å². The second-order valence-corrected chi connectivity index (χ2v) is 5.79. The summed E-state index contributed by atoms with van der Waals surface area (Å²) in [5, 5.41) is 20.6. The van der Waals surface area contributed by atoms with E-state index in [1.807, 2.05) is 0 Å². The molecular weight excluding hydrogens is 339 g/mol. The normalized spacial score (nSPS) is 13.6. The van der Waals surface area contributed by atoms with Gasteiger partial charge in [-0.1, -0.05) is 24.6 Å². The molecule has 1 N–H and O–H groups in total. The topological polar surface area (TPSA) is 83.7 Å². The van der Waals surface area contributed by atoms with E-state index in [2.05, 4.69) is 15.9 Å². The number of anilines is 1. The second kappa shape index (κ2) is 6.21. The Balaban J connectivity index is 3.09. The van der Waals surface area contributed by atoms with Gasteiger partial charge in [0.05, 0.1) is 0 Å². The number of nitrogens with zero attached hydrogens (tertiary/aromatic N) is 2. The van der Waals surface area contributed by atoms with Crippen LogP contribution in [0.15, 0.2) is 24.3 Å². The van der Waals surface area contributed by atoms with Crippen LogP contribution in [0.25, 0.3) is 0 Å². The maximum Gasteiger partial charge on any atom is 0.412 e. The summed E-state index contributed by atoms with van der Waals surface area (Å²) in [6, 6.07) is 6.16. The second-order valence-electron chi connectivity index (χ2n) is 3.88. The van der Waals surface area contributed by atoms with Gasteiger partial charge in [-0.2, -0.15) is 0 Å². The summed E-state index contributed by atoms with van der Waals surface area (Å²) in [6.07, 6.45) is -1.13. The minimum absolute atomic E-state index is 0.143. The first kappa shape index (κ1) is 15.7. The van der Waals surface area contributed by atoms with Crippen LogP contribution in [0, 0.1) is 10.1 Å². The third kappa shape index (κ3) is 3.81. The van der Waals surface area contributed by atoms with Gasteiger partial charge in [-0.15, -0.1) is 0 Å². The molecule has 1 rings (SSSR count). The minimum Gasteiger partial charge on any atom is -0.465 e. The van der Waals surface area contributed by atoms with E-state index in [-0.39, 0.29) is 13.0 Å². The molecule has 6 nitrogen and oxygen atoms in total. The number of benzene rings is 1. The van der Waals surface area contributed by atoms with Crippen LogP contribution in [-0.4, -0.2) is 27.1 Å². The molecule has 1 aromatic carbocycles. The molecule has 0 aromatic heterocycles. The molecule has 1 atom stereocenters. The lowest BCUT2D eigenvalue weighted by Gasteiger charge is -2.25. The molecule has 1 unspecified atom stereocenters. The van der Waals surface area contributed by atoms with Crippen molar-refractivity contribution in [1.29, 1.82) is 0 Å². The van der Waals surface area contributed by atoms with Crippen molar-refractivity contribution in [3.05, 3.63) is 39.4 Å². The Morgan fingerprint density at radius 3 is 2.68 bits per heavy atom. The molecule has 1 amide bonds. The van der Waals surface area contributed by atoms with E-state index in [1.54, 1.807) is 19.1 Å². The molecule has 8 heteroatoms. The van der Waals surface area contributed by atoms with Crippen LogP contribution < -0.4 is 4.90 Å². The number of carboxylic acid groups (broad SMARTS) is 1. The van der Waals surface area contributed by atoms with Gasteiger partial charge < -0.3 is 5.11 Å². The third-order valence-corrected chi connectivity index (χ3v) is 3.96. The summed E-state index contributed by atoms with van der Waals surface area (Å²) >= 11 is 8.79. The van der Waals surface area contributed by atoms with Gasteiger partial charge in [0.25, 0.3) is 4.45 Å². The number of amides is 1. The molecule has 0 saturated carbocycles. The predicted octanol–water partition coefficient (Wildman–Crippen LogP) is 3.60. The van der Waals surface area contributed by atoms with Crippen molar-refractivity contribution in [1.82, 2.24) is 0 Å². The molecule has 0 aliphatic heterocycles. The molecule has 0 aliphatic carbocycles. The highest BCUT2D eigenvalue weighted by Gasteiger charge is 2.41. The number of alkyl halides is 1. The largest absolute Gasteiger partial charge is 0.465 e. The Morgan fingerprint density at radius 1 is 1.63 bits per heavy atom.